The Hall–Kier alpha value is -3.35. The second kappa shape index (κ2) is 6.64. The molecule has 3 N–H and O–H groups in total. The smallest absolute Gasteiger partial charge is 0.329 e. The van der Waals surface area contributed by atoms with Gasteiger partial charge in [0.2, 0.25) is 11.8 Å². The number of fused-ring (bicyclic) bond motifs is 1. The summed E-state index contributed by atoms with van der Waals surface area (Å²) in [4.78, 5) is 36.5. The molecule has 1 aromatic heterocycles. The Morgan fingerprint density at radius 2 is 1.64 bits per heavy atom. The van der Waals surface area contributed by atoms with Gasteiger partial charge in [0.25, 0.3) is 0 Å². The first-order valence-electron chi connectivity index (χ1n) is 7.77. The molecular formula is C18H18N4O3. The van der Waals surface area contributed by atoms with E-state index in [1.54, 1.807) is 55.6 Å². The molecule has 128 valence electrons. The lowest BCUT2D eigenvalue weighted by Gasteiger charge is -2.16. The van der Waals surface area contributed by atoms with Gasteiger partial charge in [-0.2, -0.15) is 0 Å². The third-order valence-corrected chi connectivity index (χ3v) is 4.08. The van der Waals surface area contributed by atoms with E-state index in [4.69, 9.17) is 5.73 Å². The number of hydrogen-bond donors (Lipinski definition) is 2. The van der Waals surface area contributed by atoms with E-state index in [0.29, 0.717) is 11.1 Å². The molecule has 0 spiro atoms. The van der Waals surface area contributed by atoms with E-state index >= 15 is 0 Å². The summed E-state index contributed by atoms with van der Waals surface area (Å²) < 4.78 is 2.85. The van der Waals surface area contributed by atoms with E-state index in [1.807, 2.05) is 6.07 Å². The maximum Gasteiger partial charge on any atom is 0.329 e. The zero-order valence-corrected chi connectivity index (χ0v) is 13.7. The molecule has 25 heavy (non-hydrogen) atoms. The van der Waals surface area contributed by atoms with Gasteiger partial charge in [-0.3, -0.25) is 18.7 Å². The highest BCUT2D eigenvalue weighted by atomic mass is 16.2. The highest BCUT2D eigenvalue weighted by molar-refractivity contribution is 5.88. The maximum atomic E-state index is 12.4. The molecule has 0 aliphatic heterocycles. The third kappa shape index (κ3) is 3.16. The minimum absolute atomic E-state index is 0.198. The average Bonchev–Trinajstić information content (AvgIpc) is 2.85. The van der Waals surface area contributed by atoms with E-state index in [0.717, 1.165) is 5.52 Å². The summed E-state index contributed by atoms with van der Waals surface area (Å²) in [7, 11) is 1.65. The van der Waals surface area contributed by atoms with Crippen molar-refractivity contribution in [3.05, 3.63) is 70.6 Å². The SMILES string of the molecule is Cn1c(=O)n(CC(=O)NC(C(N)=O)c2ccccc2)c2ccccc21. The van der Waals surface area contributed by atoms with Crippen molar-refractivity contribution in [3.8, 4) is 0 Å². The van der Waals surface area contributed by atoms with Crippen molar-refractivity contribution in [2.24, 2.45) is 12.8 Å². The maximum absolute atomic E-state index is 12.4. The fraction of sp³-hybridized carbons (Fsp3) is 0.167. The number of imidazole rings is 1. The quantitative estimate of drug-likeness (QED) is 0.716. The van der Waals surface area contributed by atoms with Gasteiger partial charge in [0, 0.05) is 7.05 Å². The second-order valence-electron chi connectivity index (χ2n) is 5.73. The Labute approximate surface area is 143 Å². The van der Waals surface area contributed by atoms with Gasteiger partial charge in [0.05, 0.1) is 11.0 Å². The number of aromatic nitrogens is 2. The number of para-hydroxylation sites is 2. The zero-order valence-electron chi connectivity index (χ0n) is 13.7. The molecule has 2 amide bonds. The number of carbonyl (C=O) groups is 2. The Morgan fingerprint density at radius 3 is 2.28 bits per heavy atom. The topological polar surface area (TPSA) is 99.1 Å². The van der Waals surface area contributed by atoms with Crippen LogP contribution in [0.15, 0.2) is 59.4 Å². The normalized spacial score (nSPS) is 12.0. The standard InChI is InChI=1S/C18H18N4O3/c1-21-13-9-5-6-10-14(13)22(18(21)25)11-15(23)20-16(17(19)24)12-7-3-2-4-8-12/h2-10,16H,11H2,1H3,(H2,19,24)(H,20,23). The van der Waals surface area contributed by atoms with Crippen LogP contribution < -0.4 is 16.7 Å². The molecule has 3 rings (SSSR count). The van der Waals surface area contributed by atoms with E-state index < -0.39 is 17.9 Å². The van der Waals surface area contributed by atoms with Gasteiger partial charge < -0.3 is 11.1 Å². The van der Waals surface area contributed by atoms with Gasteiger partial charge in [0.15, 0.2) is 0 Å². The molecule has 1 unspecified atom stereocenters. The molecule has 0 bridgehead atoms. The summed E-state index contributed by atoms with van der Waals surface area (Å²) in [5, 5.41) is 2.60. The molecular weight excluding hydrogens is 320 g/mol. The first kappa shape index (κ1) is 16.5. The number of nitrogens with one attached hydrogen (secondary N) is 1. The molecule has 2 aromatic carbocycles. The predicted octanol–water partition coefficient (Wildman–Crippen LogP) is 0.683. The van der Waals surface area contributed by atoms with Crippen molar-refractivity contribution in [2.75, 3.05) is 0 Å². The monoisotopic (exact) mass is 338 g/mol. The molecule has 0 saturated heterocycles. The van der Waals surface area contributed by atoms with Crippen LogP contribution in [-0.4, -0.2) is 20.9 Å². The van der Waals surface area contributed by atoms with Gasteiger partial charge in [-0.25, -0.2) is 4.79 Å². The Bertz CT molecular complexity index is 988. The Balaban J connectivity index is 1.87. The molecule has 3 aromatic rings. The third-order valence-electron chi connectivity index (χ3n) is 4.08. The minimum atomic E-state index is -0.945. The summed E-state index contributed by atoms with van der Waals surface area (Å²) in [6.45, 7) is -0.198. The number of hydrogen-bond acceptors (Lipinski definition) is 3. The fourth-order valence-electron chi connectivity index (χ4n) is 2.83. The number of primary amides is 1. The first-order chi connectivity index (χ1) is 12.0. The van der Waals surface area contributed by atoms with Crippen molar-refractivity contribution < 1.29 is 9.59 Å². The summed E-state index contributed by atoms with van der Waals surface area (Å²) in [5.74, 6) is -1.13. The van der Waals surface area contributed by atoms with Crippen molar-refractivity contribution in [2.45, 2.75) is 12.6 Å². The highest BCUT2D eigenvalue weighted by Gasteiger charge is 2.21. The Morgan fingerprint density at radius 1 is 1.04 bits per heavy atom. The molecule has 7 heteroatoms. The Kier molecular flexibility index (Phi) is 4.38. The van der Waals surface area contributed by atoms with Crippen LogP contribution in [0.1, 0.15) is 11.6 Å². The zero-order chi connectivity index (χ0) is 18.0. The number of rotatable bonds is 5. The molecule has 0 fully saturated rings. The molecule has 0 radical (unpaired) electrons. The largest absolute Gasteiger partial charge is 0.368 e. The number of nitrogens with two attached hydrogens (primary N) is 1. The average molecular weight is 338 g/mol. The number of benzene rings is 2. The van der Waals surface area contributed by atoms with Crippen LogP contribution in [-0.2, 0) is 23.2 Å². The van der Waals surface area contributed by atoms with E-state index in [2.05, 4.69) is 5.32 Å². The summed E-state index contributed by atoms with van der Waals surface area (Å²) in [6, 6.07) is 15.0. The molecule has 0 aliphatic rings. The van der Waals surface area contributed by atoms with Crippen LogP contribution in [0.4, 0.5) is 0 Å². The molecule has 7 nitrogen and oxygen atoms in total. The van der Waals surface area contributed by atoms with E-state index in [1.165, 1.54) is 9.13 Å². The summed E-state index contributed by atoms with van der Waals surface area (Å²) in [5.41, 5.74) is 7.09. The summed E-state index contributed by atoms with van der Waals surface area (Å²) in [6.07, 6.45) is 0. The van der Waals surface area contributed by atoms with Gasteiger partial charge in [-0.05, 0) is 17.7 Å². The number of carbonyl (C=O) groups excluding carboxylic acids is 2. The lowest BCUT2D eigenvalue weighted by molar-refractivity contribution is -0.127. The van der Waals surface area contributed by atoms with Gasteiger partial charge in [-0.1, -0.05) is 42.5 Å². The molecule has 1 heterocycles. The number of amides is 2. The van der Waals surface area contributed by atoms with Crippen molar-refractivity contribution in [1.82, 2.24) is 14.5 Å². The molecule has 1 atom stereocenters. The van der Waals surface area contributed by atoms with E-state index in [9.17, 15) is 14.4 Å². The lowest BCUT2D eigenvalue weighted by atomic mass is 10.1. The lowest BCUT2D eigenvalue weighted by Crippen LogP contribution is -2.40. The van der Waals surface area contributed by atoms with Crippen molar-refractivity contribution in [1.29, 1.82) is 0 Å². The first-order valence-corrected chi connectivity index (χ1v) is 7.77. The molecule has 0 aliphatic carbocycles. The van der Waals surface area contributed by atoms with Crippen LogP contribution in [0.2, 0.25) is 0 Å². The van der Waals surface area contributed by atoms with Gasteiger partial charge >= 0.3 is 5.69 Å². The van der Waals surface area contributed by atoms with Gasteiger partial charge in [0.1, 0.15) is 12.6 Å². The van der Waals surface area contributed by atoms with Crippen molar-refractivity contribution in [3.63, 3.8) is 0 Å². The number of nitrogens with zero attached hydrogens (tertiary/aromatic N) is 2. The van der Waals surface area contributed by atoms with Gasteiger partial charge in [-0.15, -0.1) is 0 Å². The fourth-order valence-corrected chi connectivity index (χ4v) is 2.83. The van der Waals surface area contributed by atoms with Crippen LogP contribution in [0, 0.1) is 0 Å². The van der Waals surface area contributed by atoms with Crippen molar-refractivity contribution >= 4 is 22.8 Å². The van der Waals surface area contributed by atoms with Crippen LogP contribution in [0.3, 0.4) is 0 Å². The minimum Gasteiger partial charge on any atom is -0.368 e. The predicted molar refractivity (Wildman–Crippen MR) is 93.7 cm³/mol. The summed E-state index contributed by atoms with van der Waals surface area (Å²) >= 11 is 0. The van der Waals surface area contributed by atoms with Crippen LogP contribution >= 0.6 is 0 Å². The molecule has 0 saturated carbocycles. The highest BCUT2D eigenvalue weighted by Crippen LogP contribution is 2.13. The van der Waals surface area contributed by atoms with E-state index in [-0.39, 0.29) is 12.2 Å². The number of aryl methyl sites for hydroxylation is 1. The van der Waals surface area contributed by atoms with Crippen LogP contribution in [0.5, 0.6) is 0 Å². The van der Waals surface area contributed by atoms with Crippen LogP contribution in [0.25, 0.3) is 11.0 Å². The second-order valence-corrected chi connectivity index (χ2v) is 5.73.